The van der Waals surface area contributed by atoms with E-state index in [2.05, 4.69) is 81.5 Å². The lowest BCUT2D eigenvalue weighted by Gasteiger charge is -2.12. The van der Waals surface area contributed by atoms with Gasteiger partial charge in [0.05, 0.1) is 22.1 Å². The minimum absolute atomic E-state index is 0.288. The Hall–Kier alpha value is -5.18. The van der Waals surface area contributed by atoms with Gasteiger partial charge in [0.15, 0.2) is 0 Å². The molecule has 9 heteroatoms. The molecule has 0 bridgehead atoms. The van der Waals surface area contributed by atoms with Gasteiger partial charge in [-0.2, -0.15) is 5.21 Å². The highest BCUT2D eigenvalue weighted by atomic mass is 19.1. The third-order valence-electron chi connectivity index (χ3n) is 7.66. The Kier molecular flexibility index (Phi) is 5.92. The number of H-pyrrole nitrogens is 1. The Morgan fingerprint density at radius 2 is 1.66 bits per heavy atom. The number of nitrogens with one attached hydrogen (secondary N) is 1. The zero-order valence-electron chi connectivity index (χ0n) is 22.9. The Labute approximate surface area is 235 Å². The average molecular weight is 543 g/mol. The van der Waals surface area contributed by atoms with Crippen LogP contribution in [0.5, 0.6) is 0 Å². The van der Waals surface area contributed by atoms with Crippen LogP contribution >= 0.6 is 0 Å². The summed E-state index contributed by atoms with van der Waals surface area (Å²) in [6.45, 7) is 4.90. The van der Waals surface area contributed by atoms with Gasteiger partial charge >= 0.3 is 0 Å². The maximum absolute atomic E-state index is 13.9. The van der Waals surface area contributed by atoms with Crippen LogP contribution in [0.15, 0.2) is 78.9 Å². The zero-order valence-corrected chi connectivity index (χ0v) is 22.9. The van der Waals surface area contributed by atoms with Gasteiger partial charge in [-0.1, -0.05) is 55.5 Å². The highest BCUT2D eigenvalue weighted by Gasteiger charge is 2.17. The predicted molar refractivity (Wildman–Crippen MR) is 158 cm³/mol. The summed E-state index contributed by atoms with van der Waals surface area (Å²) in [5.41, 5.74) is 9.86. The highest BCUT2D eigenvalue weighted by Crippen LogP contribution is 2.32. The molecule has 3 heterocycles. The first-order chi connectivity index (χ1) is 20.0. The number of benzene rings is 4. The van der Waals surface area contributed by atoms with Gasteiger partial charge in [0, 0.05) is 37.2 Å². The minimum atomic E-state index is -0.288. The fraction of sp³-hybridized carbons (Fsp3) is 0.156. The van der Waals surface area contributed by atoms with Gasteiger partial charge in [0.1, 0.15) is 17.5 Å². The largest absolute Gasteiger partial charge is 0.327 e. The van der Waals surface area contributed by atoms with Gasteiger partial charge in [-0.3, -0.25) is 0 Å². The van der Waals surface area contributed by atoms with E-state index in [1.165, 1.54) is 17.7 Å². The van der Waals surface area contributed by atoms with E-state index in [0.717, 1.165) is 62.4 Å². The van der Waals surface area contributed by atoms with Gasteiger partial charge in [0.2, 0.25) is 5.82 Å². The molecule has 1 N–H and O–H groups in total. The zero-order chi connectivity index (χ0) is 28.1. The van der Waals surface area contributed by atoms with E-state index in [0.29, 0.717) is 17.9 Å². The summed E-state index contributed by atoms with van der Waals surface area (Å²) >= 11 is 0. The van der Waals surface area contributed by atoms with Crippen molar-refractivity contribution in [3.8, 4) is 33.9 Å². The van der Waals surface area contributed by atoms with Gasteiger partial charge in [-0.05, 0) is 58.7 Å². The SMILES string of the molecule is CCc1nc2c(C)cc(-c3nc4cc(F)ccc4n3C)cc2n1Cc1ccc(-c2ccccc2-c2nn[nH]n2)cc1. The topological polar surface area (TPSA) is 90.1 Å². The molecule has 0 aliphatic rings. The van der Waals surface area contributed by atoms with Crippen LogP contribution in [0.25, 0.3) is 56.0 Å². The predicted octanol–water partition coefficient (Wildman–Crippen LogP) is 6.50. The number of aromatic amines is 1. The van der Waals surface area contributed by atoms with Crippen LogP contribution < -0.4 is 0 Å². The smallest absolute Gasteiger partial charge is 0.205 e. The van der Waals surface area contributed by atoms with Crippen LogP contribution in [0, 0.1) is 12.7 Å². The van der Waals surface area contributed by atoms with Gasteiger partial charge < -0.3 is 9.13 Å². The van der Waals surface area contributed by atoms with Crippen molar-refractivity contribution in [2.24, 2.45) is 7.05 Å². The summed E-state index contributed by atoms with van der Waals surface area (Å²) in [5.74, 6) is 2.10. The van der Waals surface area contributed by atoms with E-state index in [1.807, 2.05) is 29.8 Å². The van der Waals surface area contributed by atoms with Crippen LogP contribution in [0.2, 0.25) is 0 Å². The summed E-state index contributed by atoms with van der Waals surface area (Å²) in [6.07, 6.45) is 0.811. The van der Waals surface area contributed by atoms with Gasteiger partial charge in [-0.15, -0.1) is 10.2 Å². The first-order valence-electron chi connectivity index (χ1n) is 13.5. The summed E-state index contributed by atoms with van der Waals surface area (Å²) in [7, 11) is 1.97. The molecule has 7 rings (SSSR count). The molecule has 7 aromatic rings. The molecule has 3 aromatic heterocycles. The Morgan fingerprint density at radius 3 is 2.41 bits per heavy atom. The second-order valence-corrected chi connectivity index (χ2v) is 10.2. The summed E-state index contributed by atoms with van der Waals surface area (Å²) in [6, 6.07) is 25.6. The van der Waals surface area contributed by atoms with Crippen LogP contribution in [-0.4, -0.2) is 39.7 Å². The number of aromatic nitrogens is 8. The molecule has 8 nitrogen and oxygen atoms in total. The fourth-order valence-corrected chi connectivity index (χ4v) is 5.63. The molecule has 0 aliphatic carbocycles. The van der Waals surface area contributed by atoms with Crippen molar-refractivity contribution in [2.75, 3.05) is 0 Å². The molecule has 4 aromatic carbocycles. The molecule has 0 aliphatic heterocycles. The first kappa shape index (κ1) is 24.8. The molecule has 0 saturated carbocycles. The monoisotopic (exact) mass is 542 g/mol. The van der Waals surface area contributed by atoms with Gasteiger partial charge in [-0.25, -0.2) is 14.4 Å². The summed E-state index contributed by atoms with van der Waals surface area (Å²) in [4.78, 5) is 9.78. The van der Waals surface area contributed by atoms with E-state index in [1.54, 1.807) is 6.07 Å². The van der Waals surface area contributed by atoms with E-state index >= 15 is 0 Å². The lowest BCUT2D eigenvalue weighted by Crippen LogP contribution is -2.04. The van der Waals surface area contributed by atoms with Crippen molar-refractivity contribution in [1.29, 1.82) is 0 Å². The number of fused-ring (bicyclic) bond motifs is 2. The van der Waals surface area contributed by atoms with Gasteiger partial charge in [0.25, 0.3) is 0 Å². The Morgan fingerprint density at radius 1 is 0.854 bits per heavy atom. The van der Waals surface area contributed by atoms with E-state index in [9.17, 15) is 4.39 Å². The first-order valence-corrected chi connectivity index (χ1v) is 13.5. The molecule has 0 spiro atoms. The van der Waals surface area contributed by atoms with Crippen molar-refractivity contribution in [1.82, 2.24) is 39.7 Å². The molecule has 0 saturated heterocycles. The normalized spacial score (nSPS) is 11.6. The van der Waals surface area contributed by atoms with Crippen molar-refractivity contribution >= 4 is 22.1 Å². The molecular formula is C32H27FN8. The van der Waals surface area contributed by atoms with Crippen LogP contribution in [0.1, 0.15) is 23.9 Å². The quantitative estimate of drug-likeness (QED) is 0.259. The molecule has 0 unspecified atom stereocenters. The Bertz CT molecular complexity index is 2040. The minimum Gasteiger partial charge on any atom is -0.327 e. The number of rotatable bonds is 6. The number of aryl methyl sites for hydroxylation is 3. The van der Waals surface area contributed by atoms with Crippen molar-refractivity contribution in [2.45, 2.75) is 26.8 Å². The standard InChI is InChI=1S/C32H27FN8/c1-4-29-35-30-19(2)15-22(32-34-26-17-23(33)13-14-27(26)40(32)3)16-28(30)41(29)18-20-9-11-21(12-10-20)24-7-5-6-8-25(24)31-36-38-39-37-31/h5-17H,4,18H2,1-3H3,(H,36,37,38,39). The number of imidazole rings is 2. The number of nitrogens with zero attached hydrogens (tertiary/aromatic N) is 7. The maximum Gasteiger partial charge on any atom is 0.205 e. The number of hydrogen-bond acceptors (Lipinski definition) is 5. The van der Waals surface area contributed by atoms with E-state index in [4.69, 9.17) is 9.97 Å². The average Bonchev–Trinajstić information content (AvgIpc) is 3.72. The second kappa shape index (κ2) is 9.78. The van der Waals surface area contributed by atoms with Crippen LogP contribution in [0.4, 0.5) is 4.39 Å². The molecule has 0 atom stereocenters. The van der Waals surface area contributed by atoms with Crippen molar-refractivity contribution in [3.05, 3.63) is 102 Å². The van der Waals surface area contributed by atoms with Crippen molar-refractivity contribution < 1.29 is 4.39 Å². The molecule has 0 amide bonds. The Balaban J connectivity index is 1.27. The second-order valence-electron chi connectivity index (χ2n) is 10.2. The molecule has 0 fully saturated rings. The maximum atomic E-state index is 13.9. The molecule has 202 valence electrons. The third-order valence-corrected chi connectivity index (χ3v) is 7.66. The highest BCUT2D eigenvalue weighted by molar-refractivity contribution is 5.87. The third kappa shape index (κ3) is 4.26. The lowest BCUT2D eigenvalue weighted by molar-refractivity contribution is 0.629. The summed E-state index contributed by atoms with van der Waals surface area (Å²) in [5, 5.41) is 14.6. The molecular weight excluding hydrogens is 515 g/mol. The number of hydrogen-bond donors (Lipinski definition) is 1. The van der Waals surface area contributed by atoms with Crippen molar-refractivity contribution in [3.63, 3.8) is 0 Å². The lowest BCUT2D eigenvalue weighted by atomic mass is 9.98. The van der Waals surface area contributed by atoms with Crippen LogP contribution in [0.3, 0.4) is 0 Å². The van der Waals surface area contributed by atoms with E-state index in [-0.39, 0.29) is 5.82 Å². The number of halogens is 1. The number of tetrazole rings is 1. The van der Waals surface area contributed by atoms with E-state index < -0.39 is 0 Å². The van der Waals surface area contributed by atoms with Crippen LogP contribution in [-0.2, 0) is 20.0 Å². The molecule has 0 radical (unpaired) electrons. The fourth-order valence-electron chi connectivity index (χ4n) is 5.63. The summed E-state index contributed by atoms with van der Waals surface area (Å²) < 4.78 is 18.2. The molecule has 41 heavy (non-hydrogen) atoms.